The molecule has 0 amide bonds. The van der Waals surface area contributed by atoms with Gasteiger partial charge in [-0.25, -0.2) is 0 Å². The summed E-state index contributed by atoms with van der Waals surface area (Å²) in [5, 5.41) is 0. The third-order valence-electron chi connectivity index (χ3n) is 5.59. The molecule has 1 aromatic carbocycles. The van der Waals surface area contributed by atoms with Crippen molar-refractivity contribution in [1.82, 2.24) is 4.90 Å². The van der Waals surface area contributed by atoms with Crippen molar-refractivity contribution in [2.24, 2.45) is 0 Å². The summed E-state index contributed by atoms with van der Waals surface area (Å²) >= 11 is 5.72. The minimum atomic E-state index is 0. The second kappa shape index (κ2) is 9.31. The zero-order valence-corrected chi connectivity index (χ0v) is 16.4. The fourth-order valence-electron chi connectivity index (χ4n) is 4.41. The van der Waals surface area contributed by atoms with Gasteiger partial charge < -0.3 is 4.74 Å². The zero-order valence-electron chi connectivity index (χ0n) is 14.9. The van der Waals surface area contributed by atoms with Gasteiger partial charge in [-0.3, -0.25) is 4.90 Å². The molecule has 0 aromatic heterocycles. The molecule has 1 unspecified atom stereocenters. The van der Waals surface area contributed by atoms with Crippen molar-refractivity contribution in [3.8, 4) is 5.75 Å². The average Bonchev–Trinajstić information content (AvgIpc) is 2.58. The van der Waals surface area contributed by atoms with E-state index in [9.17, 15) is 0 Å². The molecule has 0 radical (unpaired) electrons. The van der Waals surface area contributed by atoms with Crippen molar-refractivity contribution in [3.63, 3.8) is 0 Å². The van der Waals surface area contributed by atoms with E-state index in [0.717, 1.165) is 18.8 Å². The lowest BCUT2D eigenvalue weighted by Gasteiger charge is -2.50. The molecule has 0 saturated carbocycles. The standard InChI is InChI=1S/C20H30ClNO.ClH/c1-2-12-22-13-4-3-9-20(22)10-8-17-15-19(23-14-5-11-21)7-6-18(17)16-20;/h6-7,15H,2-5,8-14,16H2,1H3;1H. The van der Waals surface area contributed by atoms with Crippen LogP contribution in [0.15, 0.2) is 18.2 Å². The summed E-state index contributed by atoms with van der Waals surface area (Å²) in [4.78, 5) is 2.80. The Labute approximate surface area is 158 Å². The number of likely N-dealkylation sites (tertiary alicyclic amines) is 1. The SMILES string of the molecule is CCCN1CCCCC12CCc1cc(OCCCCl)ccc1C2.Cl. The molecule has 1 heterocycles. The Bertz CT molecular complexity index is 520. The normalized spacial score (nSPS) is 23.6. The lowest BCUT2D eigenvalue weighted by Crippen LogP contribution is -2.55. The first-order valence-electron chi connectivity index (χ1n) is 9.33. The van der Waals surface area contributed by atoms with E-state index in [2.05, 4.69) is 30.0 Å². The first-order chi connectivity index (χ1) is 11.3. The van der Waals surface area contributed by atoms with E-state index in [-0.39, 0.29) is 12.4 Å². The van der Waals surface area contributed by atoms with Crippen LogP contribution in [0.4, 0.5) is 0 Å². The first-order valence-corrected chi connectivity index (χ1v) is 9.86. The van der Waals surface area contributed by atoms with Crippen molar-refractivity contribution in [2.75, 3.05) is 25.6 Å². The molecule has 24 heavy (non-hydrogen) atoms. The van der Waals surface area contributed by atoms with E-state index in [1.54, 1.807) is 5.56 Å². The van der Waals surface area contributed by atoms with Crippen molar-refractivity contribution < 1.29 is 4.74 Å². The van der Waals surface area contributed by atoms with Crippen LogP contribution in [-0.4, -0.2) is 36.0 Å². The highest BCUT2D eigenvalue weighted by Gasteiger charge is 2.40. The molecular formula is C20H31Cl2NO. The number of halogens is 2. The molecule has 4 heteroatoms. The van der Waals surface area contributed by atoms with Gasteiger partial charge in [-0.05, 0) is 81.3 Å². The van der Waals surface area contributed by atoms with Crippen LogP contribution in [0.3, 0.4) is 0 Å². The minimum absolute atomic E-state index is 0. The fourth-order valence-corrected chi connectivity index (χ4v) is 4.52. The largest absolute Gasteiger partial charge is 0.494 e. The van der Waals surface area contributed by atoms with Gasteiger partial charge in [-0.1, -0.05) is 19.4 Å². The summed E-state index contributed by atoms with van der Waals surface area (Å²) in [5.41, 5.74) is 3.48. The molecule has 0 bridgehead atoms. The second-order valence-corrected chi connectivity index (χ2v) is 7.54. The predicted octanol–water partition coefficient (Wildman–Crippen LogP) is 5.24. The van der Waals surface area contributed by atoms with Crippen LogP contribution in [0, 0.1) is 0 Å². The number of hydrogen-bond donors (Lipinski definition) is 0. The highest BCUT2D eigenvalue weighted by Crippen LogP contribution is 2.40. The molecule has 136 valence electrons. The van der Waals surface area contributed by atoms with Gasteiger partial charge in [-0.2, -0.15) is 0 Å². The molecule has 1 aromatic rings. The summed E-state index contributed by atoms with van der Waals surface area (Å²) in [6.45, 7) is 5.58. The van der Waals surface area contributed by atoms with E-state index < -0.39 is 0 Å². The van der Waals surface area contributed by atoms with Crippen LogP contribution in [0.5, 0.6) is 5.75 Å². The molecule has 1 aliphatic heterocycles. The van der Waals surface area contributed by atoms with Crippen LogP contribution in [0.2, 0.25) is 0 Å². The van der Waals surface area contributed by atoms with Crippen molar-refractivity contribution in [1.29, 1.82) is 0 Å². The second-order valence-electron chi connectivity index (χ2n) is 7.17. The van der Waals surface area contributed by atoms with Gasteiger partial charge >= 0.3 is 0 Å². The van der Waals surface area contributed by atoms with Gasteiger partial charge in [0.1, 0.15) is 5.75 Å². The van der Waals surface area contributed by atoms with Crippen LogP contribution >= 0.6 is 24.0 Å². The number of benzene rings is 1. The number of hydrogen-bond acceptors (Lipinski definition) is 2. The van der Waals surface area contributed by atoms with E-state index in [1.165, 1.54) is 63.6 Å². The van der Waals surface area contributed by atoms with Crippen LogP contribution in [0.25, 0.3) is 0 Å². The molecule has 0 N–H and O–H groups in total. The van der Waals surface area contributed by atoms with E-state index in [1.807, 2.05) is 0 Å². The molecule has 1 fully saturated rings. The highest BCUT2D eigenvalue weighted by molar-refractivity contribution is 6.17. The summed E-state index contributed by atoms with van der Waals surface area (Å²) in [6, 6.07) is 6.73. The Kier molecular flexibility index (Phi) is 7.71. The zero-order chi connectivity index (χ0) is 16.1. The Morgan fingerprint density at radius 2 is 2.08 bits per heavy atom. The van der Waals surface area contributed by atoms with Gasteiger partial charge in [0, 0.05) is 11.4 Å². The maximum Gasteiger partial charge on any atom is 0.119 e. The fraction of sp³-hybridized carbons (Fsp3) is 0.700. The molecule has 1 aliphatic carbocycles. The maximum absolute atomic E-state index is 5.81. The van der Waals surface area contributed by atoms with Gasteiger partial charge in [0.2, 0.25) is 0 Å². The molecule has 1 saturated heterocycles. The molecular weight excluding hydrogens is 341 g/mol. The third kappa shape index (κ3) is 4.39. The number of alkyl halides is 1. The van der Waals surface area contributed by atoms with Crippen LogP contribution in [0.1, 0.15) is 56.6 Å². The van der Waals surface area contributed by atoms with E-state index >= 15 is 0 Å². The van der Waals surface area contributed by atoms with Gasteiger partial charge in [0.15, 0.2) is 0 Å². The Morgan fingerprint density at radius 1 is 1.21 bits per heavy atom. The van der Waals surface area contributed by atoms with Gasteiger partial charge in [0.05, 0.1) is 6.61 Å². The molecule has 2 nitrogen and oxygen atoms in total. The highest BCUT2D eigenvalue weighted by atomic mass is 35.5. The van der Waals surface area contributed by atoms with Crippen molar-refractivity contribution >= 4 is 24.0 Å². The number of rotatable bonds is 6. The maximum atomic E-state index is 5.81. The topological polar surface area (TPSA) is 12.5 Å². The number of nitrogens with zero attached hydrogens (tertiary/aromatic N) is 1. The number of fused-ring (bicyclic) bond motifs is 1. The van der Waals surface area contributed by atoms with Crippen LogP contribution < -0.4 is 4.74 Å². The average molecular weight is 372 g/mol. The van der Waals surface area contributed by atoms with Gasteiger partial charge in [0.25, 0.3) is 0 Å². The smallest absolute Gasteiger partial charge is 0.119 e. The van der Waals surface area contributed by atoms with E-state index in [0.29, 0.717) is 11.4 Å². The Morgan fingerprint density at radius 3 is 2.88 bits per heavy atom. The number of piperidine rings is 1. The van der Waals surface area contributed by atoms with Crippen LogP contribution in [-0.2, 0) is 12.8 Å². The number of ether oxygens (including phenoxy) is 1. The summed E-state index contributed by atoms with van der Waals surface area (Å²) in [7, 11) is 0. The summed E-state index contributed by atoms with van der Waals surface area (Å²) in [5.74, 6) is 1.68. The summed E-state index contributed by atoms with van der Waals surface area (Å²) < 4.78 is 5.81. The summed E-state index contributed by atoms with van der Waals surface area (Å²) in [6.07, 6.45) is 10.1. The Hall–Kier alpha value is -0.440. The number of aryl methyl sites for hydroxylation is 1. The first kappa shape index (κ1) is 19.9. The van der Waals surface area contributed by atoms with E-state index in [4.69, 9.17) is 16.3 Å². The third-order valence-corrected chi connectivity index (χ3v) is 5.86. The van der Waals surface area contributed by atoms with Gasteiger partial charge in [-0.15, -0.1) is 24.0 Å². The minimum Gasteiger partial charge on any atom is -0.494 e. The lowest BCUT2D eigenvalue weighted by molar-refractivity contribution is 0.0340. The molecule has 1 atom stereocenters. The van der Waals surface area contributed by atoms with Crippen molar-refractivity contribution in [3.05, 3.63) is 29.3 Å². The monoisotopic (exact) mass is 371 g/mol. The Balaban J connectivity index is 0.00000208. The van der Waals surface area contributed by atoms with Crippen molar-refractivity contribution in [2.45, 2.75) is 63.8 Å². The quantitative estimate of drug-likeness (QED) is 0.500. The predicted molar refractivity (Wildman–Crippen MR) is 105 cm³/mol. The molecule has 1 spiro atoms. The molecule has 3 rings (SSSR count). The molecule has 2 aliphatic rings. The lowest BCUT2D eigenvalue weighted by atomic mass is 9.72.